The van der Waals surface area contributed by atoms with Gasteiger partial charge in [-0.2, -0.15) is 0 Å². The molecule has 0 saturated heterocycles. The Balaban J connectivity index is 2.00. The third kappa shape index (κ3) is 12.2. The van der Waals surface area contributed by atoms with Gasteiger partial charge in [0.1, 0.15) is 17.6 Å². The zero-order valence-electron chi connectivity index (χ0n) is 28.4. The fraction of sp³-hybridized carbons (Fsp3) is 0.583. The Kier molecular flexibility index (Phi) is 15.3. The lowest BCUT2D eigenvalue weighted by molar-refractivity contribution is -0.144. The average molecular weight is 668 g/mol. The molecule has 1 aromatic carbocycles. The first kappa shape index (κ1) is 38.4. The van der Waals surface area contributed by atoms with Crippen molar-refractivity contribution in [3.05, 3.63) is 66.0 Å². The molecule has 4 atom stereocenters. The summed E-state index contributed by atoms with van der Waals surface area (Å²) in [5.74, 6) is -2.90. The van der Waals surface area contributed by atoms with Crippen LogP contribution in [0.3, 0.4) is 0 Å². The van der Waals surface area contributed by atoms with Gasteiger partial charge in [-0.15, -0.1) is 0 Å². The predicted molar refractivity (Wildman–Crippen MR) is 182 cm³/mol. The number of amides is 3. The maximum Gasteiger partial charge on any atom is 0.333 e. The van der Waals surface area contributed by atoms with Crippen LogP contribution in [0, 0.1) is 5.92 Å². The molecule has 1 heterocycles. The number of hydrazine groups is 1. The van der Waals surface area contributed by atoms with Gasteiger partial charge in [0.2, 0.25) is 5.91 Å². The first-order chi connectivity index (χ1) is 22.9. The normalized spacial score (nSPS) is 16.2. The molecule has 48 heavy (non-hydrogen) atoms. The number of pyridine rings is 1. The number of carboxylic acids is 2. The molecule has 1 aliphatic rings. The Hall–Kier alpha value is -4.03. The summed E-state index contributed by atoms with van der Waals surface area (Å²) in [7, 11) is 0. The molecule has 1 aliphatic carbocycles. The number of aromatic nitrogens is 1. The van der Waals surface area contributed by atoms with Crippen molar-refractivity contribution in [1.29, 1.82) is 0 Å². The maximum atomic E-state index is 14.1. The van der Waals surface area contributed by atoms with Gasteiger partial charge in [-0.25, -0.2) is 24.8 Å². The molecule has 0 spiro atoms. The monoisotopic (exact) mass is 667 g/mol. The van der Waals surface area contributed by atoms with Gasteiger partial charge in [-0.3, -0.25) is 9.78 Å². The number of carboxylic acid groups (broad SMARTS) is 2. The molecule has 0 bridgehead atoms. The lowest BCUT2D eigenvalue weighted by Gasteiger charge is -2.39. The third-order valence-electron chi connectivity index (χ3n) is 8.99. The maximum absolute atomic E-state index is 14.1. The quantitative estimate of drug-likeness (QED) is 0.118. The minimum atomic E-state index is -1.70. The summed E-state index contributed by atoms with van der Waals surface area (Å²) in [6, 6.07) is 10.7. The molecule has 1 saturated carbocycles. The van der Waals surface area contributed by atoms with Crippen LogP contribution in [0.4, 0.5) is 4.79 Å². The van der Waals surface area contributed by atoms with E-state index in [-0.39, 0.29) is 18.8 Å². The highest BCUT2D eigenvalue weighted by Gasteiger charge is 2.39. The zero-order valence-corrected chi connectivity index (χ0v) is 28.4. The smallest absolute Gasteiger partial charge is 0.333 e. The lowest BCUT2D eigenvalue weighted by atomic mass is 9.83. The van der Waals surface area contributed by atoms with Gasteiger partial charge in [0.05, 0.1) is 12.1 Å². The summed E-state index contributed by atoms with van der Waals surface area (Å²) in [5.41, 5.74) is 3.11. The number of hydrogen-bond acceptors (Lipinski definition) is 7. The Bertz CT molecular complexity index is 1300. The SMILES string of the molecule is CCC[C@H](NC(=O)[C@H](Cc1ccccc1)N(N[C@@H](CC1CCCCC1)[C@@H](O)CCCc1ccccn1)C(=O)NC(C)(C)C(=O)O)C(=O)O. The first-order valence-electron chi connectivity index (χ1n) is 17.2. The molecule has 6 N–H and O–H groups in total. The van der Waals surface area contributed by atoms with Crippen LogP contribution in [-0.4, -0.2) is 79.0 Å². The molecular formula is C36H53N5O7. The number of nitrogens with one attached hydrogen (secondary N) is 3. The molecule has 0 radical (unpaired) electrons. The number of benzene rings is 1. The number of aliphatic carboxylic acids is 2. The second-order valence-electron chi connectivity index (χ2n) is 13.4. The van der Waals surface area contributed by atoms with Crippen molar-refractivity contribution in [1.82, 2.24) is 26.1 Å². The van der Waals surface area contributed by atoms with Crippen LogP contribution in [0.25, 0.3) is 0 Å². The Morgan fingerprint density at radius 3 is 2.27 bits per heavy atom. The Labute approximate surface area is 283 Å². The molecule has 0 unspecified atom stereocenters. The summed E-state index contributed by atoms with van der Waals surface area (Å²) in [4.78, 5) is 56.6. The van der Waals surface area contributed by atoms with Gasteiger partial charge in [-0.1, -0.05) is 81.8 Å². The van der Waals surface area contributed by atoms with E-state index in [0.29, 0.717) is 37.7 Å². The Morgan fingerprint density at radius 1 is 0.979 bits per heavy atom. The average Bonchev–Trinajstić information content (AvgIpc) is 3.06. The number of aliphatic hydroxyl groups is 1. The minimum Gasteiger partial charge on any atom is -0.480 e. The number of rotatable bonds is 19. The standard InChI is InChI=1S/C36H53N5O7/c1-4-14-28(33(44)45)38-32(43)30(24-26-17-9-6-10-18-26)41(35(48)39-36(2,3)34(46)47)40-29(23-25-15-7-5-8-16-25)31(42)21-13-20-27-19-11-12-22-37-27/h6,9-12,17-19,22,25,28-31,40,42H,4-5,7-8,13-16,20-21,23-24H2,1-3H3,(H,38,43)(H,39,48)(H,44,45)(H,46,47)/t28-,29-,30-,31-/m0/s1. The number of hydrogen-bond donors (Lipinski definition) is 6. The predicted octanol–water partition coefficient (Wildman–Crippen LogP) is 4.46. The molecule has 264 valence electrons. The van der Waals surface area contributed by atoms with Gasteiger partial charge in [0, 0.05) is 18.3 Å². The van der Waals surface area contributed by atoms with Crippen molar-refractivity contribution in [2.75, 3.05) is 0 Å². The number of aliphatic hydroxyl groups excluding tert-OH is 1. The van der Waals surface area contributed by atoms with E-state index in [4.69, 9.17) is 0 Å². The van der Waals surface area contributed by atoms with Crippen LogP contribution in [0.5, 0.6) is 0 Å². The van der Waals surface area contributed by atoms with Gasteiger partial charge >= 0.3 is 18.0 Å². The van der Waals surface area contributed by atoms with Gasteiger partial charge in [0.25, 0.3) is 0 Å². The minimum absolute atomic E-state index is 0.00494. The lowest BCUT2D eigenvalue weighted by Crippen LogP contribution is -2.66. The number of urea groups is 1. The van der Waals surface area contributed by atoms with E-state index in [1.807, 2.05) is 31.2 Å². The molecule has 12 heteroatoms. The highest BCUT2D eigenvalue weighted by atomic mass is 16.4. The summed E-state index contributed by atoms with van der Waals surface area (Å²) in [6.45, 7) is 4.49. The van der Waals surface area contributed by atoms with E-state index >= 15 is 0 Å². The molecule has 0 aliphatic heterocycles. The summed E-state index contributed by atoms with van der Waals surface area (Å²) in [5, 5.41) is 37.5. The van der Waals surface area contributed by atoms with Crippen molar-refractivity contribution in [2.24, 2.45) is 5.92 Å². The van der Waals surface area contributed by atoms with Crippen LogP contribution in [0.15, 0.2) is 54.7 Å². The fourth-order valence-electron chi connectivity index (χ4n) is 6.12. The summed E-state index contributed by atoms with van der Waals surface area (Å²) in [6.07, 6.45) is 8.93. The second kappa shape index (κ2) is 19.1. The van der Waals surface area contributed by atoms with Crippen molar-refractivity contribution >= 4 is 23.9 Å². The van der Waals surface area contributed by atoms with E-state index in [1.165, 1.54) is 13.8 Å². The summed E-state index contributed by atoms with van der Waals surface area (Å²) >= 11 is 0. The van der Waals surface area contributed by atoms with E-state index in [1.54, 1.807) is 30.5 Å². The topological polar surface area (TPSA) is 181 Å². The van der Waals surface area contributed by atoms with Crippen molar-refractivity contribution in [3.8, 4) is 0 Å². The van der Waals surface area contributed by atoms with Crippen molar-refractivity contribution in [2.45, 2.75) is 128 Å². The van der Waals surface area contributed by atoms with Crippen LogP contribution in [-0.2, 0) is 27.2 Å². The van der Waals surface area contributed by atoms with Gasteiger partial charge in [-0.05, 0) is 69.6 Å². The Morgan fingerprint density at radius 2 is 1.67 bits per heavy atom. The molecule has 1 fully saturated rings. The molecule has 1 aromatic heterocycles. The molecule has 3 rings (SSSR count). The summed E-state index contributed by atoms with van der Waals surface area (Å²) < 4.78 is 0. The van der Waals surface area contributed by atoms with E-state index in [0.717, 1.165) is 42.8 Å². The number of nitrogens with zero attached hydrogens (tertiary/aromatic N) is 2. The van der Waals surface area contributed by atoms with Crippen molar-refractivity contribution < 1.29 is 34.5 Å². The zero-order chi connectivity index (χ0) is 35.1. The molecule has 2 aromatic rings. The van der Waals surface area contributed by atoms with E-state index in [2.05, 4.69) is 21.0 Å². The van der Waals surface area contributed by atoms with Gasteiger partial charge < -0.3 is 26.0 Å². The highest BCUT2D eigenvalue weighted by molar-refractivity contribution is 5.91. The second-order valence-corrected chi connectivity index (χ2v) is 13.4. The van der Waals surface area contributed by atoms with Crippen LogP contribution in [0.2, 0.25) is 0 Å². The largest absolute Gasteiger partial charge is 0.480 e. The van der Waals surface area contributed by atoms with Crippen LogP contribution in [0.1, 0.15) is 96.2 Å². The number of carbonyl (C=O) groups excluding carboxylic acids is 2. The fourth-order valence-corrected chi connectivity index (χ4v) is 6.12. The number of aryl methyl sites for hydroxylation is 1. The van der Waals surface area contributed by atoms with E-state index in [9.17, 15) is 34.5 Å². The highest BCUT2D eigenvalue weighted by Crippen LogP contribution is 2.29. The third-order valence-corrected chi connectivity index (χ3v) is 8.99. The van der Waals surface area contributed by atoms with E-state index < -0.39 is 53.6 Å². The van der Waals surface area contributed by atoms with Crippen LogP contribution < -0.4 is 16.1 Å². The molecular weight excluding hydrogens is 614 g/mol. The van der Waals surface area contributed by atoms with Crippen molar-refractivity contribution in [3.63, 3.8) is 0 Å². The first-order valence-corrected chi connectivity index (χ1v) is 17.2. The van der Waals surface area contributed by atoms with Crippen LogP contribution >= 0.6 is 0 Å². The molecule has 12 nitrogen and oxygen atoms in total. The molecule has 3 amide bonds. The number of carbonyl (C=O) groups is 4. The van der Waals surface area contributed by atoms with Gasteiger partial charge in [0.15, 0.2) is 0 Å².